The zero-order chi connectivity index (χ0) is 96.5. The number of amidine groups is 1. The summed E-state index contributed by atoms with van der Waals surface area (Å²) in [6.45, 7) is 54.8. The first-order valence-corrected chi connectivity index (χ1v) is 46.6. The second-order valence-corrected chi connectivity index (χ2v) is 38.8. The first-order chi connectivity index (χ1) is 63.0. The molecule has 0 spiro atoms. The van der Waals surface area contributed by atoms with Gasteiger partial charge in [-0.15, -0.1) is 0 Å². The van der Waals surface area contributed by atoms with Gasteiger partial charge >= 0.3 is 11.4 Å². The van der Waals surface area contributed by atoms with E-state index in [9.17, 15) is 33.2 Å². The van der Waals surface area contributed by atoms with Crippen LogP contribution in [0.15, 0.2) is 144 Å². The van der Waals surface area contributed by atoms with Crippen LogP contribution < -0.4 is 26.1 Å². The van der Waals surface area contributed by atoms with Crippen molar-refractivity contribution in [2.45, 2.75) is 198 Å². The number of aryl methyl sites for hydroxylation is 1. The molecule has 5 aliphatic heterocycles. The lowest BCUT2D eigenvalue weighted by Gasteiger charge is -2.45. The lowest BCUT2D eigenvalue weighted by atomic mass is 9.95. The van der Waals surface area contributed by atoms with Crippen LogP contribution in [0.2, 0.25) is 15.1 Å². The number of benzene rings is 3. The van der Waals surface area contributed by atoms with Crippen LogP contribution >= 0.6 is 34.8 Å². The van der Waals surface area contributed by atoms with Crippen molar-refractivity contribution in [1.82, 2.24) is 83.4 Å². The van der Waals surface area contributed by atoms with E-state index in [1.165, 1.54) is 45.6 Å². The summed E-state index contributed by atoms with van der Waals surface area (Å²) in [5, 5.41) is 1.74. The van der Waals surface area contributed by atoms with Crippen LogP contribution in [-0.2, 0) is 32.1 Å². The van der Waals surface area contributed by atoms with Crippen LogP contribution in [0.3, 0.4) is 0 Å². The second-order valence-electron chi connectivity index (χ2n) is 37.6. The van der Waals surface area contributed by atoms with Crippen LogP contribution in [0.1, 0.15) is 188 Å². The molecule has 0 radical (unpaired) electrons. The average Bonchev–Trinajstić information content (AvgIpc) is 1.19. The molecule has 10 aromatic rings. The Hall–Kier alpha value is -11.7. The third kappa shape index (κ3) is 20.8. The van der Waals surface area contributed by atoms with Crippen molar-refractivity contribution >= 4 is 104 Å². The van der Waals surface area contributed by atoms with Crippen molar-refractivity contribution in [3.8, 4) is 45.1 Å². The second kappa shape index (κ2) is 41.0. The number of amides is 4. The maximum atomic E-state index is 15.3. The molecule has 27 nitrogen and oxygen atoms in total. The Morgan fingerprint density at radius 1 is 0.459 bits per heavy atom. The van der Waals surface area contributed by atoms with Crippen molar-refractivity contribution in [3.05, 3.63) is 222 Å². The summed E-state index contributed by atoms with van der Waals surface area (Å²) >= 11 is 20.5. The number of anilines is 3. The maximum Gasteiger partial charge on any atom is 0.355 e. The van der Waals surface area contributed by atoms with Gasteiger partial charge in [0.15, 0.2) is 11.3 Å². The summed E-state index contributed by atoms with van der Waals surface area (Å²) in [5.41, 5.74) is 5.21. The zero-order valence-corrected chi connectivity index (χ0v) is 81.6. The molecule has 7 aromatic heterocycles. The van der Waals surface area contributed by atoms with Gasteiger partial charge in [-0.05, 0) is 151 Å². The number of pyridine rings is 3. The molecule has 0 bridgehead atoms. The van der Waals surface area contributed by atoms with Gasteiger partial charge in [0.2, 0.25) is 17.7 Å². The summed E-state index contributed by atoms with van der Waals surface area (Å²) in [4.78, 5) is 146. The zero-order valence-electron chi connectivity index (χ0n) is 79.3. The van der Waals surface area contributed by atoms with E-state index in [-0.39, 0.29) is 144 Å². The normalized spacial score (nSPS) is 18.7. The Bertz CT molecular complexity index is 6270. The third-order valence-electron chi connectivity index (χ3n) is 24.7. The number of nitrogens with zero attached hydrogens (tertiary/aromatic N) is 21. The number of piperazine rings is 4. The molecule has 12 heterocycles. The van der Waals surface area contributed by atoms with E-state index >= 15 is 8.78 Å². The van der Waals surface area contributed by atoms with Crippen molar-refractivity contribution in [2.75, 3.05) is 100 Å². The molecular weight excluding hydrogens is 1750 g/mol. The smallest absolute Gasteiger partial charge is 0.349 e. The van der Waals surface area contributed by atoms with Gasteiger partial charge in [-0.2, -0.15) is 15.0 Å². The number of likely N-dealkylation sites (N-methyl/N-ethyl adjacent to an activating group) is 1. The van der Waals surface area contributed by atoms with Gasteiger partial charge in [-0.3, -0.25) is 24.1 Å². The van der Waals surface area contributed by atoms with E-state index in [0.29, 0.717) is 155 Å². The Kier molecular flexibility index (Phi) is 30.5. The monoisotopic (exact) mass is 1870 g/mol. The van der Waals surface area contributed by atoms with Crippen LogP contribution in [0.25, 0.3) is 67.2 Å². The Balaban J connectivity index is 0.000000172. The molecule has 0 aliphatic carbocycles. The molecule has 4 amide bonds. The number of carbonyl (C=O) groups excluding carboxylic acids is 4. The van der Waals surface area contributed by atoms with Crippen molar-refractivity contribution < 1.29 is 32.3 Å². The molecule has 4 fully saturated rings. The molecule has 702 valence electrons. The number of halogens is 6. The molecule has 0 saturated carbocycles. The summed E-state index contributed by atoms with van der Waals surface area (Å²) in [7, 11) is 2.13. The molecular formula is C100H119Cl3F3N21O6. The summed E-state index contributed by atoms with van der Waals surface area (Å²) in [5.74, 6) is 0.786. The minimum absolute atomic E-state index is 0.0396. The molecule has 6 atom stereocenters. The predicted octanol–water partition coefficient (Wildman–Crippen LogP) is 16.9. The minimum atomic E-state index is -0.562. The van der Waals surface area contributed by atoms with Gasteiger partial charge in [0.25, 0.3) is 5.91 Å². The van der Waals surface area contributed by atoms with Crippen LogP contribution in [-0.4, -0.2) is 235 Å². The number of carbonyl (C=O) groups is 4. The minimum Gasteiger partial charge on any atom is -0.349 e. The van der Waals surface area contributed by atoms with Crippen molar-refractivity contribution in [1.29, 1.82) is 0 Å². The van der Waals surface area contributed by atoms with E-state index in [1.54, 1.807) is 87.5 Å². The van der Waals surface area contributed by atoms with Crippen LogP contribution in [0, 0.1) is 22.9 Å². The number of hydrogen-bond donors (Lipinski definition) is 0. The van der Waals surface area contributed by atoms with E-state index in [0.717, 1.165) is 26.2 Å². The van der Waals surface area contributed by atoms with Crippen molar-refractivity contribution in [3.63, 3.8) is 0 Å². The van der Waals surface area contributed by atoms with E-state index < -0.39 is 28.8 Å². The summed E-state index contributed by atoms with van der Waals surface area (Å²) < 4.78 is 48.1. The third-order valence-corrected chi connectivity index (χ3v) is 25.6. The highest BCUT2D eigenvalue weighted by Gasteiger charge is 2.41. The maximum absolute atomic E-state index is 15.3. The number of fused-ring (bicyclic) bond motifs is 3. The van der Waals surface area contributed by atoms with Gasteiger partial charge in [0, 0.05) is 131 Å². The van der Waals surface area contributed by atoms with Crippen molar-refractivity contribution in [2.24, 2.45) is 10.4 Å². The van der Waals surface area contributed by atoms with Crippen LogP contribution in [0.4, 0.5) is 30.6 Å². The molecule has 0 N–H and O–H groups in total. The molecule has 3 aromatic carbocycles. The van der Waals surface area contributed by atoms with E-state index in [4.69, 9.17) is 74.7 Å². The fourth-order valence-corrected chi connectivity index (χ4v) is 18.7. The highest BCUT2D eigenvalue weighted by molar-refractivity contribution is 6.35. The Labute approximate surface area is 790 Å². The standard InChI is InChI=1S/C38H47ClFN9O2.C34H39ClFN7O2.C28H33ClFN5O2/c1-9-31(50)47-19-25(7)48(20-24(47)6)36-27-18-28(39)34(26-12-10-11-13-29(26)40)43-37(27)49(38(51)44-36)35-32(22(2)3)41-30(42-33(35)23(4)5)21-46-16-14-45(8)15-17-46;1-9-26-37-28(18(3)4)31(29(38-26)19(5)6)43-33-23(15-24(35)30(39-33)22-13-11-12-14-25(22)36)32(40-34(43)45)42-17-20(7)41(16-21(42)8)27(44)10-2;1-7-24(37)34-13-18(3)35(14-17(34)2)27-20-12-21(29)25(19-10-8-9-11-22(19)30)32-26(20)33(15-23(36)31-27)16-28(4,5)6/h9-13,18,22-25H,1,14-17,19-21H2,2-8H3;10-15,18-21H,2,9,16-17H2,1,3-8H3;7-12,17-18H,1,13-16H2,2-6H3. The quantitative estimate of drug-likeness (QED) is 0.0722. The molecule has 4 saturated heterocycles. The largest absolute Gasteiger partial charge is 0.355 e. The number of rotatable bonds is 18. The first-order valence-electron chi connectivity index (χ1n) is 45.5. The molecule has 6 unspecified atom stereocenters. The highest BCUT2D eigenvalue weighted by atomic mass is 35.5. The van der Waals surface area contributed by atoms with E-state index in [1.807, 2.05) is 123 Å². The summed E-state index contributed by atoms with van der Waals surface area (Å²) in [6, 6.07) is 23.1. The Morgan fingerprint density at radius 2 is 0.812 bits per heavy atom. The fourth-order valence-electron chi connectivity index (χ4n) is 18.0. The van der Waals surface area contributed by atoms with Gasteiger partial charge in [-0.25, -0.2) is 66.8 Å². The lowest BCUT2D eigenvalue weighted by molar-refractivity contribution is -0.131. The molecule has 33 heteroatoms. The predicted molar refractivity (Wildman–Crippen MR) is 523 cm³/mol. The fraction of sp³-hybridized carbons (Fsp3) is 0.440. The van der Waals surface area contributed by atoms with Gasteiger partial charge in [0.05, 0.1) is 89.2 Å². The molecule has 5 aliphatic rings. The van der Waals surface area contributed by atoms with Crippen LogP contribution in [0.5, 0.6) is 0 Å². The molecule has 133 heavy (non-hydrogen) atoms. The van der Waals surface area contributed by atoms with E-state index in [2.05, 4.69) is 67.3 Å². The number of aromatic nitrogens is 11. The topological polar surface area (TPSA) is 270 Å². The van der Waals surface area contributed by atoms with Gasteiger partial charge < -0.3 is 39.2 Å². The molecule has 15 rings (SSSR count). The SMILES string of the molecule is C=CC(=O)N1CC(C)N(C2=NC(=O)CN(CC(C)(C)C)c3nc(-c4ccccc4F)c(Cl)cc32)CC1C.C=CC(=O)N1CC(C)N(c2nc(=O)n(-c3c(C(C)C)nc(CC)nc3C(C)C)c3nc(-c4ccccc4F)c(Cl)cc23)CC1C.C=CC(=O)N1CC(C)N(c2nc(=O)n(-c3c(C(C)C)nc(CN4CCN(C)CC4)nc3C(C)C)c3nc(-c4ccccc4F)c(Cl)cc23)CC1C. The van der Waals surface area contributed by atoms with Gasteiger partial charge in [-0.1, -0.05) is 174 Å². The Morgan fingerprint density at radius 3 is 1.17 bits per heavy atom. The number of hydrogen-bond acceptors (Lipinski definition) is 21. The highest BCUT2D eigenvalue weighted by Crippen LogP contribution is 2.43. The summed E-state index contributed by atoms with van der Waals surface area (Å²) in [6.07, 6.45) is 4.58. The van der Waals surface area contributed by atoms with Gasteiger partial charge in [0.1, 0.15) is 58.9 Å². The lowest BCUT2D eigenvalue weighted by Crippen LogP contribution is -2.59. The average molecular weight is 1870 g/mol. The number of aliphatic imine (C=N–C) groups is 1. The first kappa shape index (κ1) is 98.8.